The van der Waals surface area contributed by atoms with Crippen LogP contribution in [0.3, 0.4) is 0 Å². The monoisotopic (exact) mass is 266 g/mol. The van der Waals surface area contributed by atoms with E-state index in [0.717, 1.165) is 11.1 Å². The second-order valence-corrected chi connectivity index (χ2v) is 4.06. The molecule has 18 heavy (non-hydrogen) atoms. The summed E-state index contributed by atoms with van der Waals surface area (Å²) in [5.74, 6) is -0.374. The Balaban J connectivity index is 2.75. The van der Waals surface area contributed by atoms with Gasteiger partial charge < -0.3 is 4.74 Å². The molecule has 0 radical (unpaired) electrons. The van der Waals surface area contributed by atoms with E-state index in [9.17, 15) is 9.59 Å². The Morgan fingerprint density at radius 3 is 2.72 bits per heavy atom. The predicted molar refractivity (Wildman–Crippen MR) is 71.3 cm³/mol. The van der Waals surface area contributed by atoms with Crippen LogP contribution >= 0.6 is 11.6 Å². The number of carbonyl (C=O) groups is 2. The summed E-state index contributed by atoms with van der Waals surface area (Å²) in [7, 11) is 0. The highest BCUT2D eigenvalue weighted by Crippen LogP contribution is 2.13. The predicted octanol–water partition coefficient (Wildman–Crippen LogP) is 2.96. The molecule has 0 N–H and O–H groups in total. The zero-order valence-corrected chi connectivity index (χ0v) is 10.9. The van der Waals surface area contributed by atoms with Crippen molar-refractivity contribution in [3.05, 3.63) is 41.5 Å². The third-order valence-corrected chi connectivity index (χ3v) is 2.52. The molecule has 1 aromatic carbocycles. The molecule has 0 aromatic heterocycles. The lowest BCUT2D eigenvalue weighted by Gasteiger charge is -2.04. The van der Waals surface area contributed by atoms with Crippen LogP contribution in [0.2, 0.25) is 0 Å². The van der Waals surface area contributed by atoms with Gasteiger partial charge in [0.05, 0.1) is 6.61 Å². The fraction of sp³-hybridized carbons (Fsp3) is 0.286. The van der Waals surface area contributed by atoms with Crippen LogP contribution in [-0.4, -0.2) is 17.8 Å². The van der Waals surface area contributed by atoms with Crippen LogP contribution in [0.1, 0.15) is 24.5 Å². The minimum absolute atomic E-state index is 0.284. The van der Waals surface area contributed by atoms with Gasteiger partial charge in [-0.15, -0.1) is 0 Å². The summed E-state index contributed by atoms with van der Waals surface area (Å²) in [6, 6.07) is 7.54. The lowest BCUT2D eigenvalue weighted by Crippen LogP contribution is -1.99. The molecule has 0 unspecified atom stereocenters. The Morgan fingerprint density at radius 2 is 2.06 bits per heavy atom. The third-order valence-electron chi connectivity index (χ3n) is 2.33. The van der Waals surface area contributed by atoms with E-state index in [-0.39, 0.29) is 17.6 Å². The van der Waals surface area contributed by atoms with Gasteiger partial charge in [-0.3, -0.25) is 4.79 Å². The van der Waals surface area contributed by atoms with Crippen molar-refractivity contribution in [2.24, 2.45) is 0 Å². The number of esters is 1. The number of benzene rings is 1. The van der Waals surface area contributed by atoms with Crippen molar-refractivity contribution < 1.29 is 14.3 Å². The van der Waals surface area contributed by atoms with Gasteiger partial charge in [-0.05, 0) is 42.1 Å². The number of carbonyl (C=O) groups excluding carboxylic acids is 2. The number of halogens is 1. The summed E-state index contributed by atoms with van der Waals surface area (Å²) in [6.07, 6.45) is 3.91. The molecule has 0 saturated heterocycles. The van der Waals surface area contributed by atoms with E-state index in [1.165, 1.54) is 6.08 Å². The fourth-order valence-corrected chi connectivity index (χ4v) is 1.60. The maximum atomic E-state index is 11.2. The first-order chi connectivity index (χ1) is 8.63. The Labute approximate surface area is 111 Å². The lowest BCUT2D eigenvalue weighted by molar-refractivity contribution is -0.137. The van der Waals surface area contributed by atoms with Gasteiger partial charge in [-0.1, -0.05) is 24.3 Å². The Hall–Kier alpha value is -1.61. The van der Waals surface area contributed by atoms with Crippen molar-refractivity contribution in [3.63, 3.8) is 0 Å². The largest absolute Gasteiger partial charge is 0.463 e. The highest BCUT2D eigenvalue weighted by atomic mass is 35.5. The van der Waals surface area contributed by atoms with Gasteiger partial charge in [0.15, 0.2) is 0 Å². The minimum Gasteiger partial charge on any atom is -0.463 e. The molecule has 96 valence electrons. The summed E-state index contributed by atoms with van der Waals surface area (Å²) in [5, 5.41) is -0.362. The van der Waals surface area contributed by atoms with E-state index < -0.39 is 0 Å². The number of aryl methyl sites for hydroxylation is 1. The number of hydrogen-bond donors (Lipinski definition) is 0. The van der Waals surface area contributed by atoms with Gasteiger partial charge in [-0.25, -0.2) is 4.79 Å². The van der Waals surface area contributed by atoms with Gasteiger partial charge >= 0.3 is 5.97 Å². The highest BCUT2D eigenvalue weighted by molar-refractivity contribution is 6.63. The molecular weight excluding hydrogens is 252 g/mol. The van der Waals surface area contributed by atoms with Crippen LogP contribution in [-0.2, 0) is 20.7 Å². The van der Waals surface area contributed by atoms with Crippen molar-refractivity contribution in [2.45, 2.75) is 19.8 Å². The van der Waals surface area contributed by atoms with Gasteiger partial charge in [-0.2, -0.15) is 0 Å². The van der Waals surface area contributed by atoms with Crippen molar-refractivity contribution >= 4 is 28.9 Å². The van der Waals surface area contributed by atoms with Crippen molar-refractivity contribution in [1.82, 2.24) is 0 Å². The quantitative estimate of drug-likeness (QED) is 0.452. The molecule has 0 bridgehead atoms. The standard InChI is InChI=1S/C14H15ClO3/c1-2-18-14(17)10-8-12-6-4-3-5-11(12)7-9-13(15)16/h3-6,8,10H,2,7,9H2,1H3/b10-8-. The third kappa shape index (κ3) is 5.15. The maximum absolute atomic E-state index is 11.2. The van der Waals surface area contributed by atoms with E-state index in [1.807, 2.05) is 24.3 Å². The first-order valence-corrected chi connectivity index (χ1v) is 6.12. The Kier molecular flexibility index (Phi) is 6.15. The normalized spacial score (nSPS) is 10.6. The SMILES string of the molecule is CCOC(=O)/C=C\c1ccccc1CCC(=O)Cl. The van der Waals surface area contributed by atoms with Crippen molar-refractivity contribution in [3.8, 4) is 0 Å². The molecule has 0 fully saturated rings. The van der Waals surface area contributed by atoms with Crippen molar-refractivity contribution in [1.29, 1.82) is 0 Å². The van der Waals surface area contributed by atoms with Crippen molar-refractivity contribution in [2.75, 3.05) is 6.61 Å². The van der Waals surface area contributed by atoms with Gasteiger partial charge in [0, 0.05) is 12.5 Å². The number of ether oxygens (including phenoxy) is 1. The molecule has 0 aliphatic rings. The van der Waals surface area contributed by atoms with Crippen LogP contribution in [0.4, 0.5) is 0 Å². The molecule has 0 saturated carbocycles. The molecule has 0 heterocycles. The number of hydrogen-bond acceptors (Lipinski definition) is 3. The number of rotatable bonds is 6. The summed E-state index contributed by atoms with van der Waals surface area (Å²) in [6.45, 7) is 2.11. The molecule has 0 spiro atoms. The molecule has 4 heteroatoms. The Morgan fingerprint density at radius 1 is 1.33 bits per heavy atom. The fourth-order valence-electron chi connectivity index (χ4n) is 1.51. The summed E-state index contributed by atoms with van der Waals surface area (Å²) < 4.78 is 4.80. The lowest BCUT2D eigenvalue weighted by atomic mass is 10.0. The molecule has 3 nitrogen and oxygen atoms in total. The average Bonchev–Trinajstić information content (AvgIpc) is 2.35. The molecule has 0 atom stereocenters. The smallest absolute Gasteiger partial charge is 0.330 e. The van der Waals surface area contributed by atoms with Crippen LogP contribution in [0.5, 0.6) is 0 Å². The van der Waals surface area contributed by atoms with E-state index >= 15 is 0 Å². The topological polar surface area (TPSA) is 43.4 Å². The summed E-state index contributed by atoms with van der Waals surface area (Å²) in [4.78, 5) is 22.0. The summed E-state index contributed by atoms with van der Waals surface area (Å²) in [5.41, 5.74) is 1.87. The van der Waals surface area contributed by atoms with E-state index in [0.29, 0.717) is 13.0 Å². The second-order valence-electron chi connectivity index (χ2n) is 3.64. The molecular formula is C14H15ClO3. The van der Waals surface area contributed by atoms with Gasteiger partial charge in [0.1, 0.15) is 0 Å². The first kappa shape index (κ1) is 14.5. The zero-order valence-electron chi connectivity index (χ0n) is 10.2. The van der Waals surface area contributed by atoms with E-state index in [1.54, 1.807) is 13.0 Å². The van der Waals surface area contributed by atoms with Crippen LogP contribution < -0.4 is 0 Å². The first-order valence-electron chi connectivity index (χ1n) is 5.74. The zero-order chi connectivity index (χ0) is 13.4. The van der Waals surface area contributed by atoms with E-state index in [2.05, 4.69) is 0 Å². The molecule has 0 aliphatic carbocycles. The van der Waals surface area contributed by atoms with Gasteiger partial charge in [0.2, 0.25) is 5.24 Å². The Bertz CT molecular complexity index is 452. The molecule has 0 amide bonds. The molecule has 1 rings (SSSR count). The second kappa shape index (κ2) is 7.67. The minimum atomic E-state index is -0.374. The van der Waals surface area contributed by atoms with Gasteiger partial charge in [0.25, 0.3) is 0 Å². The highest BCUT2D eigenvalue weighted by Gasteiger charge is 2.03. The van der Waals surface area contributed by atoms with Crippen LogP contribution in [0.25, 0.3) is 6.08 Å². The molecule has 0 aliphatic heterocycles. The van der Waals surface area contributed by atoms with Crippen LogP contribution in [0.15, 0.2) is 30.3 Å². The van der Waals surface area contributed by atoms with Crippen LogP contribution in [0, 0.1) is 0 Å². The van der Waals surface area contributed by atoms with E-state index in [4.69, 9.17) is 16.3 Å². The maximum Gasteiger partial charge on any atom is 0.330 e. The summed E-state index contributed by atoms with van der Waals surface area (Å²) >= 11 is 5.32. The molecule has 1 aromatic rings. The average molecular weight is 267 g/mol.